The monoisotopic (exact) mass is 659 g/mol. The van der Waals surface area contributed by atoms with Gasteiger partial charge in [0.05, 0.1) is 12.7 Å². The molecule has 2 aliphatic carbocycles. The van der Waals surface area contributed by atoms with Gasteiger partial charge in [0.25, 0.3) is 0 Å². The van der Waals surface area contributed by atoms with E-state index < -0.39 is 21.5 Å². The van der Waals surface area contributed by atoms with Crippen LogP contribution in [0.15, 0.2) is 108 Å². The molecule has 0 fully saturated rings. The summed E-state index contributed by atoms with van der Waals surface area (Å²) in [6.07, 6.45) is 5.83. The number of rotatable bonds is 8. The lowest BCUT2D eigenvalue weighted by Gasteiger charge is -2.45. The number of nitrogens with zero attached hydrogens (tertiary/aromatic N) is 3. The molecule has 1 aliphatic heterocycles. The van der Waals surface area contributed by atoms with Crippen LogP contribution in [0.3, 0.4) is 0 Å². The van der Waals surface area contributed by atoms with E-state index in [1.54, 1.807) is 11.8 Å². The lowest BCUT2D eigenvalue weighted by Crippen LogP contribution is -2.55. The summed E-state index contributed by atoms with van der Waals surface area (Å²) in [7, 11) is -2.59. The van der Waals surface area contributed by atoms with Crippen LogP contribution >= 0.6 is 0 Å². The van der Waals surface area contributed by atoms with E-state index in [-0.39, 0.29) is 23.5 Å². The SMILES string of the molecule is CO[C@@H]1COc2c(S(=N)(=O)N(C(=O)Nc3c4c(cc5c3CC5)CCC4)C(c3ccccc3)(c3ccccc3)c3ccccc3)cnn2C1. The summed E-state index contributed by atoms with van der Waals surface area (Å²) < 4.78 is 40.1. The molecule has 2 amide bonds. The van der Waals surface area contributed by atoms with Crippen molar-refractivity contribution in [3.63, 3.8) is 0 Å². The number of carbonyl (C=O) groups is 1. The van der Waals surface area contributed by atoms with E-state index in [0.29, 0.717) is 23.2 Å². The second-order valence-corrected chi connectivity index (χ2v) is 14.5. The van der Waals surface area contributed by atoms with Crippen molar-refractivity contribution in [3.05, 3.63) is 142 Å². The van der Waals surface area contributed by atoms with Crippen molar-refractivity contribution in [3.8, 4) is 5.88 Å². The lowest BCUT2D eigenvalue weighted by atomic mass is 9.77. The number of aromatic nitrogens is 2. The number of methoxy groups -OCH3 is 1. The molecule has 3 aliphatic rings. The van der Waals surface area contributed by atoms with Crippen LogP contribution in [0, 0.1) is 4.78 Å². The summed E-state index contributed by atoms with van der Waals surface area (Å²) in [4.78, 5) is 15.4. The average molecular weight is 660 g/mol. The van der Waals surface area contributed by atoms with Gasteiger partial charge in [0.2, 0.25) is 5.88 Å². The third-order valence-corrected chi connectivity index (χ3v) is 11.8. The van der Waals surface area contributed by atoms with Gasteiger partial charge in [0.1, 0.15) is 23.1 Å². The highest BCUT2D eigenvalue weighted by molar-refractivity contribution is 7.90. The van der Waals surface area contributed by atoms with Crippen molar-refractivity contribution in [1.82, 2.24) is 14.1 Å². The van der Waals surface area contributed by atoms with E-state index in [1.807, 2.05) is 91.0 Å². The van der Waals surface area contributed by atoms with Crippen molar-refractivity contribution in [2.45, 2.75) is 55.2 Å². The standard InChI is InChI=1S/C38H37N5O4S/c1-46-31-24-42-36(47-25-31)34(23-40-42)48(39,45)43(37(44)41-35-32-19-11-12-26(32)22-27-20-21-33(27)35)38(28-13-5-2-6-14-28,29-15-7-3-8-16-29)30-17-9-4-10-18-30/h2-10,13-18,22-23,31,39H,11-12,19-21,24-25H2,1H3,(H,41,44)/t31-,48?/m0/s1. The summed E-state index contributed by atoms with van der Waals surface area (Å²) in [5.74, 6) is 0.203. The highest BCUT2D eigenvalue weighted by Crippen LogP contribution is 2.48. The molecular formula is C38H37N5O4S. The van der Waals surface area contributed by atoms with Crippen molar-refractivity contribution < 1.29 is 18.5 Å². The summed E-state index contributed by atoms with van der Waals surface area (Å²) >= 11 is 0. The number of amides is 2. The quantitative estimate of drug-likeness (QED) is 0.180. The van der Waals surface area contributed by atoms with Crippen molar-refractivity contribution in [1.29, 1.82) is 4.78 Å². The van der Waals surface area contributed by atoms with E-state index in [4.69, 9.17) is 9.47 Å². The first kappa shape index (κ1) is 30.4. The number of hydrogen-bond donors (Lipinski definition) is 2. The predicted molar refractivity (Wildman–Crippen MR) is 184 cm³/mol. The zero-order chi connectivity index (χ0) is 32.9. The van der Waals surface area contributed by atoms with E-state index >= 15 is 9.00 Å². The number of ether oxygens (including phenoxy) is 2. The number of carbonyl (C=O) groups excluding carboxylic acids is 1. The van der Waals surface area contributed by atoms with Gasteiger partial charge < -0.3 is 14.8 Å². The fraction of sp³-hybridized carbons (Fsp3) is 0.263. The molecule has 2 heterocycles. The Labute approximate surface area is 280 Å². The molecule has 244 valence electrons. The van der Waals surface area contributed by atoms with Gasteiger partial charge in [-0.1, -0.05) is 97.1 Å². The number of fused-ring (bicyclic) bond motifs is 3. The maximum Gasteiger partial charge on any atom is 0.336 e. The van der Waals surface area contributed by atoms with Gasteiger partial charge in [-0.3, -0.25) is 0 Å². The lowest BCUT2D eigenvalue weighted by molar-refractivity contribution is 0.0165. The fourth-order valence-electron chi connectivity index (χ4n) is 7.58. The third-order valence-electron chi connectivity index (χ3n) is 9.97. The van der Waals surface area contributed by atoms with Crippen LogP contribution in [0.1, 0.15) is 45.4 Å². The van der Waals surface area contributed by atoms with Crippen LogP contribution in [0.2, 0.25) is 0 Å². The maximum atomic E-state index is 15.7. The smallest absolute Gasteiger partial charge is 0.336 e. The maximum absolute atomic E-state index is 15.7. The third kappa shape index (κ3) is 4.73. The Hall–Kier alpha value is -4.93. The van der Waals surface area contributed by atoms with E-state index in [9.17, 15) is 4.78 Å². The minimum absolute atomic E-state index is 0.0330. The molecule has 1 unspecified atom stereocenters. The first-order valence-corrected chi connectivity index (χ1v) is 17.9. The predicted octanol–water partition coefficient (Wildman–Crippen LogP) is 6.72. The van der Waals surface area contributed by atoms with Gasteiger partial charge in [-0.05, 0) is 71.0 Å². The molecule has 9 nitrogen and oxygen atoms in total. The number of urea groups is 1. The zero-order valence-corrected chi connectivity index (χ0v) is 27.5. The van der Waals surface area contributed by atoms with Crippen LogP contribution in [0.25, 0.3) is 0 Å². The minimum atomic E-state index is -4.19. The molecule has 0 bridgehead atoms. The first-order chi connectivity index (χ1) is 23.4. The number of aryl methyl sites for hydroxylation is 2. The Kier molecular flexibility index (Phi) is 7.57. The summed E-state index contributed by atoms with van der Waals surface area (Å²) in [6, 6.07) is 30.4. The molecule has 0 radical (unpaired) electrons. The zero-order valence-electron chi connectivity index (χ0n) is 26.7. The van der Waals surface area contributed by atoms with E-state index in [1.165, 1.54) is 21.6 Å². The van der Waals surface area contributed by atoms with Crippen LogP contribution in [-0.2, 0) is 52.4 Å². The molecule has 0 saturated heterocycles. The molecular weight excluding hydrogens is 623 g/mol. The van der Waals surface area contributed by atoms with E-state index in [0.717, 1.165) is 48.9 Å². The topological polar surface area (TPSA) is 110 Å². The highest BCUT2D eigenvalue weighted by Gasteiger charge is 2.51. The number of anilines is 1. The van der Waals surface area contributed by atoms with Gasteiger partial charge in [-0.2, -0.15) is 5.10 Å². The number of nitrogens with one attached hydrogen (secondary N) is 2. The normalized spacial score (nSPS) is 17.6. The van der Waals surface area contributed by atoms with Gasteiger partial charge in [0, 0.05) is 12.8 Å². The summed E-state index contributed by atoms with van der Waals surface area (Å²) in [5, 5.41) is 7.76. The number of hydrogen-bond acceptors (Lipinski definition) is 6. The second kappa shape index (κ2) is 11.9. The van der Waals surface area contributed by atoms with Crippen LogP contribution in [0.4, 0.5) is 10.5 Å². The summed E-state index contributed by atoms with van der Waals surface area (Å²) in [6.45, 7) is 0.581. The Balaban J connectivity index is 1.40. The molecule has 2 atom stereocenters. The van der Waals surface area contributed by atoms with Gasteiger partial charge in [-0.25, -0.2) is 22.8 Å². The second-order valence-electron chi connectivity index (χ2n) is 12.6. The average Bonchev–Trinajstić information content (AvgIpc) is 3.77. The van der Waals surface area contributed by atoms with Crippen LogP contribution in [-0.4, -0.2) is 44.1 Å². The number of benzene rings is 4. The molecule has 5 aromatic rings. The molecule has 10 heteroatoms. The highest BCUT2D eigenvalue weighted by atomic mass is 32.2. The van der Waals surface area contributed by atoms with Crippen LogP contribution < -0.4 is 10.1 Å². The van der Waals surface area contributed by atoms with Crippen molar-refractivity contribution in [2.75, 3.05) is 19.0 Å². The Morgan fingerprint density at radius 1 is 0.917 bits per heavy atom. The van der Waals surface area contributed by atoms with Gasteiger partial charge in [-0.15, -0.1) is 0 Å². The minimum Gasteiger partial charge on any atom is -0.474 e. The molecule has 0 spiro atoms. The van der Waals surface area contributed by atoms with Gasteiger partial charge >= 0.3 is 6.03 Å². The van der Waals surface area contributed by atoms with Crippen LogP contribution in [0.5, 0.6) is 5.88 Å². The fourth-order valence-corrected chi connectivity index (χ4v) is 9.35. The Morgan fingerprint density at radius 3 is 2.06 bits per heavy atom. The molecule has 0 saturated carbocycles. The first-order valence-electron chi connectivity index (χ1n) is 16.4. The molecule has 8 rings (SSSR count). The molecule has 4 aromatic carbocycles. The molecule has 48 heavy (non-hydrogen) atoms. The van der Waals surface area contributed by atoms with Crippen molar-refractivity contribution >= 4 is 21.6 Å². The molecule has 2 N–H and O–H groups in total. The van der Waals surface area contributed by atoms with E-state index in [2.05, 4.69) is 16.5 Å². The Bertz CT molecular complexity index is 2000. The molecule has 1 aromatic heterocycles. The Morgan fingerprint density at radius 2 is 1.50 bits per heavy atom. The van der Waals surface area contributed by atoms with Crippen molar-refractivity contribution in [2.24, 2.45) is 0 Å². The summed E-state index contributed by atoms with van der Waals surface area (Å²) in [5.41, 5.74) is 6.12. The van der Waals surface area contributed by atoms with Gasteiger partial charge in [0.15, 0.2) is 9.92 Å². The largest absolute Gasteiger partial charge is 0.474 e.